The zero-order valence-electron chi connectivity index (χ0n) is 17.4. The fourth-order valence-corrected chi connectivity index (χ4v) is 5.02. The van der Waals surface area contributed by atoms with E-state index in [2.05, 4.69) is 5.32 Å². The summed E-state index contributed by atoms with van der Waals surface area (Å²) in [5, 5.41) is 2.93. The van der Waals surface area contributed by atoms with Crippen LogP contribution in [0.2, 0.25) is 5.02 Å². The molecule has 4 rings (SSSR count). The van der Waals surface area contributed by atoms with Gasteiger partial charge < -0.3 is 10.2 Å². The first-order valence-electron chi connectivity index (χ1n) is 10.3. The molecule has 0 bridgehead atoms. The lowest BCUT2D eigenvalue weighted by atomic mass is 10.0. The maximum atomic E-state index is 14.3. The first-order valence-corrected chi connectivity index (χ1v) is 11.5. The summed E-state index contributed by atoms with van der Waals surface area (Å²) in [4.78, 5) is 28.8. The van der Waals surface area contributed by atoms with Crippen LogP contribution in [0.25, 0.3) is 0 Å². The van der Waals surface area contributed by atoms with Crippen LogP contribution in [-0.2, 0) is 22.7 Å². The minimum atomic E-state index is -0.609. The van der Waals surface area contributed by atoms with Gasteiger partial charge in [0.25, 0.3) is 0 Å². The van der Waals surface area contributed by atoms with Crippen LogP contribution in [0.4, 0.5) is 10.1 Å². The van der Waals surface area contributed by atoms with Crippen LogP contribution in [0, 0.1) is 11.7 Å². The Morgan fingerprint density at radius 1 is 1.09 bits per heavy atom. The highest BCUT2D eigenvalue weighted by Crippen LogP contribution is 2.42. The van der Waals surface area contributed by atoms with E-state index in [0.29, 0.717) is 17.1 Å². The van der Waals surface area contributed by atoms with E-state index < -0.39 is 11.2 Å². The van der Waals surface area contributed by atoms with Crippen molar-refractivity contribution >= 4 is 40.9 Å². The fourth-order valence-electron chi connectivity index (χ4n) is 3.61. The molecule has 164 valence electrons. The number of carbonyl (C=O) groups excluding carboxylic acids is 2. The Bertz CT molecular complexity index is 1140. The van der Waals surface area contributed by atoms with Crippen LogP contribution < -0.4 is 10.2 Å². The second kappa shape index (κ2) is 9.76. The summed E-state index contributed by atoms with van der Waals surface area (Å²) in [7, 11) is 0. The van der Waals surface area contributed by atoms with Crippen LogP contribution in [0.1, 0.15) is 18.1 Å². The molecule has 2 amide bonds. The van der Waals surface area contributed by atoms with E-state index in [1.165, 1.54) is 17.8 Å². The average Bonchev–Trinajstić information content (AvgIpc) is 2.81. The minimum Gasteiger partial charge on any atom is -0.352 e. The normalized spacial score (nSPS) is 16.4. The van der Waals surface area contributed by atoms with Gasteiger partial charge in [0, 0.05) is 22.0 Å². The van der Waals surface area contributed by atoms with Gasteiger partial charge in [-0.1, -0.05) is 61.0 Å². The Hall–Kier alpha value is -2.83. The van der Waals surface area contributed by atoms with E-state index in [1.807, 2.05) is 36.4 Å². The Morgan fingerprint density at radius 3 is 2.53 bits per heavy atom. The molecule has 7 heteroatoms. The van der Waals surface area contributed by atoms with E-state index in [4.69, 9.17) is 11.6 Å². The lowest BCUT2D eigenvalue weighted by Crippen LogP contribution is -2.47. The van der Waals surface area contributed by atoms with Crippen molar-refractivity contribution in [2.75, 3.05) is 4.90 Å². The van der Waals surface area contributed by atoms with Gasteiger partial charge in [0.15, 0.2) is 0 Å². The van der Waals surface area contributed by atoms with E-state index in [-0.39, 0.29) is 24.2 Å². The van der Waals surface area contributed by atoms with Crippen molar-refractivity contribution in [1.29, 1.82) is 0 Å². The van der Waals surface area contributed by atoms with Crippen LogP contribution in [0.15, 0.2) is 77.7 Å². The number of thioether (sulfide) groups is 1. The van der Waals surface area contributed by atoms with Crippen molar-refractivity contribution in [3.63, 3.8) is 0 Å². The quantitative estimate of drug-likeness (QED) is 0.524. The van der Waals surface area contributed by atoms with Crippen LogP contribution in [0.5, 0.6) is 0 Å². The standard InChI is InChI=1S/C25H22ClFN2O2S/c1-16(24(30)28-14-17-10-12-19(26)13-11-17)23-25(31)29(15-18-6-2-3-7-20(18)27)21-8-4-5-9-22(21)32-23/h2-13,16,23H,14-15H2,1H3,(H,28,30)/t16-,23+/m0/s1. The molecular formula is C25H22ClFN2O2S. The highest BCUT2D eigenvalue weighted by molar-refractivity contribution is 8.01. The van der Waals surface area contributed by atoms with Crippen LogP contribution in [-0.4, -0.2) is 17.1 Å². The summed E-state index contributed by atoms with van der Waals surface area (Å²) in [6.45, 7) is 2.21. The number of rotatable bonds is 6. The Balaban J connectivity index is 1.53. The van der Waals surface area contributed by atoms with Gasteiger partial charge in [0.2, 0.25) is 11.8 Å². The number of benzene rings is 3. The number of halogens is 2. The molecule has 0 aliphatic carbocycles. The first-order chi connectivity index (χ1) is 15.4. The molecule has 2 atom stereocenters. The van der Waals surface area contributed by atoms with Gasteiger partial charge in [-0.25, -0.2) is 4.39 Å². The van der Waals surface area contributed by atoms with Crippen molar-refractivity contribution in [2.24, 2.45) is 5.92 Å². The number of carbonyl (C=O) groups is 2. The highest BCUT2D eigenvalue weighted by Gasteiger charge is 2.39. The first kappa shape index (κ1) is 22.4. The van der Waals surface area contributed by atoms with Gasteiger partial charge in [0.05, 0.1) is 18.2 Å². The van der Waals surface area contributed by atoms with Gasteiger partial charge in [-0.2, -0.15) is 0 Å². The van der Waals surface area contributed by atoms with Crippen molar-refractivity contribution in [1.82, 2.24) is 5.32 Å². The van der Waals surface area contributed by atoms with E-state index >= 15 is 0 Å². The van der Waals surface area contributed by atoms with E-state index in [1.54, 1.807) is 42.2 Å². The SMILES string of the molecule is C[C@H](C(=O)NCc1ccc(Cl)cc1)[C@H]1Sc2ccccc2N(Cc2ccccc2F)C1=O. The Labute approximate surface area is 195 Å². The van der Waals surface area contributed by atoms with Gasteiger partial charge in [-0.05, 0) is 35.9 Å². The summed E-state index contributed by atoms with van der Waals surface area (Å²) in [5.41, 5.74) is 2.08. The predicted molar refractivity (Wildman–Crippen MR) is 126 cm³/mol. The van der Waals surface area contributed by atoms with Gasteiger partial charge >= 0.3 is 0 Å². The smallest absolute Gasteiger partial charge is 0.241 e. The number of hydrogen-bond donors (Lipinski definition) is 1. The fraction of sp³-hybridized carbons (Fsp3) is 0.200. The highest BCUT2D eigenvalue weighted by atomic mass is 35.5. The minimum absolute atomic E-state index is 0.110. The number of amides is 2. The molecule has 4 nitrogen and oxygen atoms in total. The van der Waals surface area contributed by atoms with Crippen LogP contribution in [0.3, 0.4) is 0 Å². The molecule has 1 N–H and O–H groups in total. The van der Waals surface area contributed by atoms with E-state index in [0.717, 1.165) is 16.1 Å². The summed E-state index contributed by atoms with van der Waals surface area (Å²) in [5.74, 6) is -1.35. The molecule has 1 heterocycles. The molecule has 0 spiro atoms. The second-order valence-corrected chi connectivity index (χ2v) is 9.27. The third kappa shape index (κ3) is 4.81. The second-order valence-electron chi connectivity index (χ2n) is 7.65. The number of hydrogen-bond acceptors (Lipinski definition) is 3. The molecule has 32 heavy (non-hydrogen) atoms. The Kier molecular flexibility index (Phi) is 6.82. The zero-order valence-corrected chi connectivity index (χ0v) is 19.0. The molecule has 0 aromatic heterocycles. The molecule has 1 aliphatic rings. The van der Waals surface area contributed by atoms with Crippen molar-refractivity contribution < 1.29 is 14.0 Å². The van der Waals surface area contributed by atoms with E-state index in [9.17, 15) is 14.0 Å². The summed E-state index contributed by atoms with van der Waals surface area (Å²) in [6, 6.07) is 21.2. The monoisotopic (exact) mass is 468 g/mol. The molecule has 0 fully saturated rings. The van der Waals surface area contributed by atoms with Crippen molar-refractivity contribution in [3.8, 4) is 0 Å². The Morgan fingerprint density at radius 2 is 1.78 bits per heavy atom. The lowest BCUT2D eigenvalue weighted by molar-refractivity contribution is -0.128. The molecule has 0 radical (unpaired) electrons. The third-order valence-electron chi connectivity index (χ3n) is 5.45. The molecule has 3 aromatic carbocycles. The number of para-hydroxylation sites is 1. The summed E-state index contributed by atoms with van der Waals surface area (Å²) >= 11 is 7.29. The number of nitrogens with one attached hydrogen (secondary N) is 1. The molecular weight excluding hydrogens is 447 g/mol. The number of anilines is 1. The lowest BCUT2D eigenvalue weighted by Gasteiger charge is -2.35. The van der Waals surface area contributed by atoms with Crippen molar-refractivity contribution in [2.45, 2.75) is 30.2 Å². The maximum absolute atomic E-state index is 14.3. The molecule has 0 saturated heterocycles. The molecule has 0 unspecified atom stereocenters. The molecule has 1 aliphatic heterocycles. The number of nitrogens with zero attached hydrogens (tertiary/aromatic N) is 1. The molecule has 0 saturated carbocycles. The maximum Gasteiger partial charge on any atom is 0.241 e. The number of fused-ring (bicyclic) bond motifs is 1. The van der Waals surface area contributed by atoms with Gasteiger partial charge in [-0.3, -0.25) is 9.59 Å². The van der Waals surface area contributed by atoms with Gasteiger partial charge in [-0.15, -0.1) is 11.8 Å². The van der Waals surface area contributed by atoms with Gasteiger partial charge in [0.1, 0.15) is 11.1 Å². The van der Waals surface area contributed by atoms with Crippen LogP contribution >= 0.6 is 23.4 Å². The summed E-state index contributed by atoms with van der Waals surface area (Å²) < 4.78 is 14.3. The zero-order chi connectivity index (χ0) is 22.7. The van der Waals surface area contributed by atoms with Crippen molar-refractivity contribution in [3.05, 3.63) is 94.8 Å². The molecule has 3 aromatic rings. The summed E-state index contributed by atoms with van der Waals surface area (Å²) in [6.07, 6.45) is 0. The third-order valence-corrected chi connectivity index (χ3v) is 7.17. The predicted octanol–water partition coefficient (Wildman–Crippen LogP) is 5.44. The largest absolute Gasteiger partial charge is 0.352 e. The average molecular weight is 469 g/mol. The topological polar surface area (TPSA) is 49.4 Å².